The van der Waals surface area contributed by atoms with Gasteiger partial charge in [0.15, 0.2) is 0 Å². The maximum absolute atomic E-state index is 12.6. The number of hydrazine groups is 1. The molecule has 0 aliphatic rings. The number of carbonyl (C=O) groups excluding carboxylic acids is 2. The number of alkyl halides is 3. The first-order valence-corrected chi connectivity index (χ1v) is 9.35. The maximum Gasteiger partial charge on any atom is 0.416 e. The van der Waals surface area contributed by atoms with E-state index in [-0.39, 0.29) is 5.56 Å². The molecule has 0 fully saturated rings. The average molecular weight is 402 g/mol. The molecule has 158 valence electrons. The predicted molar refractivity (Wildman–Crippen MR) is 100 cm³/mol. The molecular weight excluding hydrogens is 373 g/mol. The first kappa shape index (κ1) is 23.9. The van der Waals surface area contributed by atoms with Gasteiger partial charge in [-0.3, -0.25) is 15.0 Å². The fourth-order valence-electron chi connectivity index (χ4n) is 2.83. The Morgan fingerprint density at radius 3 is 2.18 bits per heavy atom. The topological polar surface area (TPSA) is 67.4 Å². The molecule has 0 saturated heterocycles. The largest absolute Gasteiger partial charge is 0.469 e. The highest BCUT2D eigenvalue weighted by Gasteiger charge is 2.38. The molecule has 0 radical (unpaired) electrons. The van der Waals surface area contributed by atoms with Gasteiger partial charge < -0.3 is 4.74 Å². The van der Waals surface area contributed by atoms with Gasteiger partial charge in [-0.1, -0.05) is 32.6 Å². The number of esters is 1. The summed E-state index contributed by atoms with van der Waals surface area (Å²) < 4.78 is 42.8. The van der Waals surface area contributed by atoms with Crippen LogP contribution in [0.3, 0.4) is 0 Å². The van der Waals surface area contributed by atoms with Crippen LogP contribution in [0.5, 0.6) is 0 Å². The number of methoxy groups -OCH3 is 1. The summed E-state index contributed by atoms with van der Waals surface area (Å²) in [6.07, 6.45) is 0.185. The molecule has 0 aliphatic heterocycles. The Morgan fingerprint density at radius 1 is 1.07 bits per heavy atom. The number of hydrogen-bond donors (Lipinski definition) is 2. The molecule has 1 unspecified atom stereocenters. The standard InChI is InChI=1S/C20H29F3N2O3/c1-5-6-7-8-9-16(19(2,3)18(27)28-4)24-25-17(26)14-10-12-15(13-11-14)20(21,22)23/h10-13,16,24H,5-9H2,1-4H3,(H,25,26). The SMILES string of the molecule is CCCCCCC(NNC(=O)c1ccc(C(F)(F)F)cc1)C(C)(C)C(=O)OC. The zero-order valence-corrected chi connectivity index (χ0v) is 16.8. The van der Waals surface area contributed by atoms with Crippen LogP contribution in [-0.4, -0.2) is 25.0 Å². The summed E-state index contributed by atoms with van der Waals surface area (Å²) in [5.74, 6) is -0.989. The van der Waals surface area contributed by atoms with Crippen molar-refractivity contribution < 1.29 is 27.5 Å². The second-order valence-corrected chi connectivity index (χ2v) is 7.29. The van der Waals surface area contributed by atoms with E-state index in [1.165, 1.54) is 7.11 Å². The van der Waals surface area contributed by atoms with Gasteiger partial charge in [-0.25, -0.2) is 5.43 Å². The summed E-state index contributed by atoms with van der Waals surface area (Å²) >= 11 is 0. The van der Waals surface area contributed by atoms with Gasteiger partial charge in [0.25, 0.3) is 5.91 Å². The second-order valence-electron chi connectivity index (χ2n) is 7.29. The van der Waals surface area contributed by atoms with E-state index in [0.717, 1.165) is 49.9 Å². The molecule has 1 aromatic rings. The lowest BCUT2D eigenvalue weighted by Gasteiger charge is -2.32. The first-order chi connectivity index (χ1) is 13.0. The Bertz CT molecular complexity index is 643. The maximum atomic E-state index is 12.6. The number of ether oxygens (including phenoxy) is 1. The van der Waals surface area contributed by atoms with E-state index < -0.39 is 35.1 Å². The third-order valence-corrected chi connectivity index (χ3v) is 4.76. The van der Waals surface area contributed by atoms with Crippen LogP contribution in [0.4, 0.5) is 13.2 Å². The molecular formula is C20H29F3N2O3. The zero-order valence-electron chi connectivity index (χ0n) is 16.8. The third-order valence-electron chi connectivity index (χ3n) is 4.76. The van der Waals surface area contributed by atoms with Crippen LogP contribution in [-0.2, 0) is 15.7 Å². The number of rotatable bonds is 10. The Kier molecular flexibility index (Phi) is 8.94. The molecule has 8 heteroatoms. The van der Waals surface area contributed by atoms with Crippen molar-refractivity contribution in [3.63, 3.8) is 0 Å². The van der Waals surface area contributed by atoms with Crippen LogP contribution in [0, 0.1) is 5.41 Å². The van der Waals surface area contributed by atoms with Crippen molar-refractivity contribution in [1.29, 1.82) is 0 Å². The lowest BCUT2D eigenvalue weighted by atomic mass is 9.82. The molecule has 0 saturated carbocycles. The molecule has 0 bridgehead atoms. The first-order valence-electron chi connectivity index (χ1n) is 9.35. The van der Waals surface area contributed by atoms with Crippen molar-refractivity contribution >= 4 is 11.9 Å². The van der Waals surface area contributed by atoms with Gasteiger partial charge in [-0.2, -0.15) is 13.2 Å². The number of benzene rings is 1. The molecule has 1 aromatic carbocycles. The van der Waals surface area contributed by atoms with Crippen LogP contribution >= 0.6 is 0 Å². The molecule has 1 rings (SSSR count). The number of nitrogens with one attached hydrogen (secondary N) is 2. The van der Waals surface area contributed by atoms with Crippen LogP contribution < -0.4 is 10.9 Å². The minimum Gasteiger partial charge on any atom is -0.469 e. The predicted octanol–water partition coefficient (Wildman–Crippen LogP) is 4.48. The van der Waals surface area contributed by atoms with Crippen molar-refractivity contribution in [1.82, 2.24) is 10.9 Å². The monoisotopic (exact) mass is 402 g/mol. The van der Waals surface area contributed by atoms with Crippen molar-refractivity contribution in [2.24, 2.45) is 5.41 Å². The summed E-state index contributed by atoms with van der Waals surface area (Å²) in [6, 6.07) is 3.55. The highest BCUT2D eigenvalue weighted by atomic mass is 19.4. The molecule has 0 aromatic heterocycles. The molecule has 0 spiro atoms. The Labute approximate surface area is 164 Å². The lowest BCUT2D eigenvalue weighted by molar-refractivity contribution is -0.152. The zero-order chi connectivity index (χ0) is 21.4. The van der Waals surface area contributed by atoms with E-state index in [1.54, 1.807) is 13.8 Å². The van der Waals surface area contributed by atoms with Crippen molar-refractivity contribution in [3.8, 4) is 0 Å². The number of unbranched alkanes of at least 4 members (excludes halogenated alkanes) is 3. The summed E-state index contributed by atoms with van der Waals surface area (Å²) in [6.45, 7) is 5.54. The van der Waals surface area contributed by atoms with E-state index in [0.29, 0.717) is 6.42 Å². The average Bonchev–Trinajstić information content (AvgIpc) is 2.65. The summed E-state index contributed by atoms with van der Waals surface area (Å²) in [5, 5.41) is 0. The van der Waals surface area contributed by atoms with Gasteiger partial charge in [0.1, 0.15) is 0 Å². The number of amides is 1. The van der Waals surface area contributed by atoms with Gasteiger partial charge in [0, 0.05) is 11.6 Å². The number of carbonyl (C=O) groups is 2. The summed E-state index contributed by atoms with van der Waals surface area (Å²) in [5.41, 5.74) is 3.75. The van der Waals surface area contributed by atoms with Crippen molar-refractivity contribution in [2.75, 3.05) is 7.11 Å². The van der Waals surface area contributed by atoms with Gasteiger partial charge >= 0.3 is 12.1 Å². The van der Waals surface area contributed by atoms with Crippen LogP contribution in [0.15, 0.2) is 24.3 Å². The van der Waals surface area contributed by atoms with Crippen LogP contribution in [0.1, 0.15) is 68.8 Å². The third kappa shape index (κ3) is 6.82. The molecule has 0 heterocycles. The molecule has 5 nitrogen and oxygen atoms in total. The summed E-state index contributed by atoms with van der Waals surface area (Å²) in [4.78, 5) is 24.4. The Hall–Kier alpha value is -2.09. The van der Waals surface area contributed by atoms with E-state index in [4.69, 9.17) is 4.74 Å². The molecule has 28 heavy (non-hydrogen) atoms. The normalized spacial score (nSPS) is 13.1. The Morgan fingerprint density at radius 2 is 1.68 bits per heavy atom. The van der Waals surface area contributed by atoms with Crippen molar-refractivity contribution in [2.45, 2.75) is 65.1 Å². The van der Waals surface area contributed by atoms with E-state index >= 15 is 0 Å². The number of halogens is 3. The highest BCUT2D eigenvalue weighted by molar-refractivity contribution is 5.93. The minimum absolute atomic E-state index is 0.0844. The second kappa shape index (κ2) is 10.5. The van der Waals surface area contributed by atoms with Crippen molar-refractivity contribution in [3.05, 3.63) is 35.4 Å². The molecule has 0 aliphatic carbocycles. The molecule has 1 atom stereocenters. The lowest BCUT2D eigenvalue weighted by Crippen LogP contribution is -2.53. The quantitative estimate of drug-likeness (QED) is 0.344. The van der Waals surface area contributed by atoms with E-state index in [2.05, 4.69) is 17.8 Å². The van der Waals surface area contributed by atoms with Gasteiger partial charge in [0.2, 0.25) is 0 Å². The van der Waals surface area contributed by atoms with E-state index in [9.17, 15) is 22.8 Å². The number of hydrogen-bond acceptors (Lipinski definition) is 4. The fourth-order valence-corrected chi connectivity index (χ4v) is 2.83. The smallest absolute Gasteiger partial charge is 0.416 e. The molecule has 1 amide bonds. The van der Waals surface area contributed by atoms with Gasteiger partial charge in [0.05, 0.1) is 18.1 Å². The molecule has 2 N–H and O–H groups in total. The fraction of sp³-hybridized carbons (Fsp3) is 0.600. The summed E-state index contributed by atoms with van der Waals surface area (Å²) in [7, 11) is 1.30. The minimum atomic E-state index is -4.46. The highest BCUT2D eigenvalue weighted by Crippen LogP contribution is 2.29. The van der Waals surface area contributed by atoms with Gasteiger partial charge in [-0.15, -0.1) is 0 Å². The Balaban J connectivity index is 2.79. The van der Waals surface area contributed by atoms with Crippen LogP contribution in [0.25, 0.3) is 0 Å². The van der Waals surface area contributed by atoms with E-state index in [1.807, 2.05) is 0 Å². The van der Waals surface area contributed by atoms with Crippen LogP contribution in [0.2, 0.25) is 0 Å². The van der Waals surface area contributed by atoms with Gasteiger partial charge in [-0.05, 0) is 44.5 Å².